The van der Waals surface area contributed by atoms with E-state index in [1.165, 1.54) is 18.1 Å². The molecule has 0 bridgehead atoms. The van der Waals surface area contributed by atoms with Crippen molar-refractivity contribution in [1.82, 2.24) is 4.90 Å². The minimum atomic E-state index is -0.914. The highest BCUT2D eigenvalue weighted by molar-refractivity contribution is 5.79. The lowest BCUT2D eigenvalue weighted by molar-refractivity contribution is -0.137. The number of carbonyl (C=O) groups is 1. The molecule has 0 saturated carbocycles. The van der Waals surface area contributed by atoms with E-state index in [4.69, 9.17) is 5.11 Å². The van der Waals surface area contributed by atoms with E-state index >= 15 is 0 Å². The van der Waals surface area contributed by atoms with Crippen molar-refractivity contribution in [2.75, 3.05) is 13.6 Å². The monoisotopic (exact) mass is 221 g/mol. The van der Waals surface area contributed by atoms with Gasteiger partial charge in [0.25, 0.3) is 5.91 Å². The third-order valence-electron chi connectivity index (χ3n) is 2.55. The van der Waals surface area contributed by atoms with Gasteiger partial charge >= 0.3 is 0 Å². The summed E-state index contributed by atoms with van der Waals surface area (Å²) < 4.78 is 0. The Hall–Kier alpha value is -1.35. The number of aliphatic hydroxyl groups excluding tert-OH is 1. The van der Waals surface area contributed by atoms with Crippen molar-refractivity contribution in [1.29, 1.82) is 0 Å². The van der Waals surface area contributed by atoms with Gasteiger partial charge in [-0.3, -0.25) is 4.79 Å². The van der Waals surface area contributed by atoms with Gasteiger partial charge in [0, 0.05) is 13.6 Å². The SMILES string of the molecule is Cc1cccc(CCN(C)C(=O)C(C)O)c1. The molecule has 0 fully saturated rings. The van der Waals surface area contributed by atoms with Crippen LogP contribution in [0.15, 0.2) is 24.3 Å². The molecule has 0 aliphatic carbocycles. The summed E-state index contributed by atoms with van der Waals surface area (Å²) in [5.41, 5.74) is 2.44. The number of aryl methyl sites for hydroxylation is 1. The molecule has 0 saturated heterocycles. The fourth-order valence-corrected chi connectivity index (χ4v) is 1.59. The smallest absolute Gasteiger partial charge is 0.250 e. The van der Waals surface area contributed by atoms with Crippen LogP contribution >= 0.6 is 0 Å². The van der Waals surface area contributed by atoms with Gasteiger partial charge in [0.1, 0.15) is 6.10 Å². The Labute approximate surface area is 96.7 Å². The number of likely N-dealkylation sites (N-methyl/N-ethyl adjacent to an activating group) is 1. The van der Waals surface area contributed by atoms with Crippen LogP contribution in [0.2, 0.25) is 0 Å². The van der Waals surface area contributed by atoms with Crippen LogP contribution in [0.25, 0.3) is 0 Å². The molecular weight excluding hydrogens is 202 g/mol. The molecular formula is C13H19NO2. The average molecular weight is 221 g/mol. The molecule has 0 aromatic heterocycles. The van der Waals surface area contributed by atoms with Gasteiger partial charge in [-0.1, -0.05) is 29.8 Å². The van der Waals surface area contributed by atoms with Crippen LogP contribution in [0.3, 0.4) is 0 Å². The number of aliphatic hydroxyl groups is 1. The molecule has 1 aromatic carbocycles. The number of hydrogen-bond acceptors (Lipinski definition) is 2. The van der Waals surface area contributed by atoms with Gasteiger partial charge in [-0.15, -0.1) is 0 Å². The zero-order valence-electron chi connectivity index (χ0n) is 10.1. The standard InChI is InChI=1S/C13H19NO2/c1-10-5-4-6-12(9-10)7-8-14(3)13(16)11(2)15/h4-6,9,11,15H,7-8H2,1-3H3. The predicted octanol–water partition coefficient (Wildman–Crippen LogP) is 1.38. The molecule has 16 heavy (non-hydrogen) atoms. The zero-order valence-corrected chi connectivity index (χ0v) is 10.1. The minimum Gasteiger partial charge on any atom is -0.384 e. The number of hydrogen-bond donors (Lipinski definition) is 1. The summed E-state index contributed by atoms with van der Waals surface area (Å²) in [6.45, 7) is 4.17. The lowest BCUT2D eigenvalue weighted by Crippen LogP contribution is -2.35. The first kappa shape index (κ1) is 12.7. The summed E-state index contributed by atoms with van der Waals surface area (Å²) in [5.74, 6) is -0.229. The van der Waals surface area contributed by atoms with E-state index in [9.17, 15) is 4.79 Å². The summed E-state index contributed by atoms with van der Waals surface area (Å²) in [4.78, 5) is 13.0. The van der Waals surface area contributed by atoms with Crippen LogP contribution in [0.4, 0.5) is 0 Å². The van der Waals surface area contributed by atoms with Crippen molar-refractivity contribution in [2.24, 2.45) is 0 Å². The highest BCUT2D eigenvalue weighted by Crippen LogP contribution is 2.05. The minimum absolute atomic E-state index is 0.229. The van der Waals surface area contributed by atoms with Crippen LogP contribution in [0.5, 0.6) is 0 Å². The van der Waals surface area contributed by atoms with E-state index in [1.807, 2.05) is 25.1 Å². The number of benzene rings is 1. The zero-order chi connectivity index (χ0) is 12.1. The number of rotatable bonds is 4. The molecule has 3 heteroatoms. The highest BCUT2D eigenvalue weighted by atomic mass is 16.3. The van der Waals surface area contributed by atoms with E-state index in [0.717, 1.165) is 6.42 Å². The first-order valence-electron chi connectivity index (χ1n) is 5.49. The van der Waals surface area contributed by atoms with E-state index in [1.54, 1.807) is 11.9 Å². The summed E-state index contributed by atoms with van der Waals surface area (Å²) in [7, 11) is 1.71. The first-order chi connectivity index (χ1) is 7.50. The second-order valence-electron chi connectivity index (χ2n) is 4.17. The van der Waals surface area contributed by atoms with Gasteiger partial charge in [0.05, 0.1) is 0 Å². The van der Waals surface area contributed by atoms with Crippen molar-refractivity contribution in [2.45, 2.75) is 26.4 Å². The second kappa shape index (κ2) is 5.66. The molecule has 1 N–H and O–H groups in total. The summed E-state index contributed by atoms with van der Waals surface area (Å²) in [5, 5.41) is 9.14. The van der Waals surface area contributed by atoms with Crippen LogP contribution in [-0.2, 0) is 11.2 Å². The maximum absolute atomic E-state index is 11.4. The molecule has 0 aliphatic rings. The van der Waals surface area contributed by atoms with Crippen LogP contribution in [0, 0.1) is 6.92 Å². The summed E-state index contributed by atoms with van der Waals surface area (Å²) in [6, 6.07) is 8.23. The van der Waals surface area contributed by atoms with Crippen LogP contribution in [0.1, 0.15) is 18.1 Å². The Balaban J connectivity index is 2.49. The average Bonchev–Trinajstić information content (AvgIpc) is 2.24. The molecule has 1 unspecified atom stereocenters. The summed E-state index contributed by atoms with van der Waals surface area (Å²) >= 11 is 0. The molecule has 88 valence electrons. The topological polar surface area (TPSA) is 40.5 Å². The van der Waals surface area contributed by atoms with Crippen molar-refractivity contribution in [3.63, 3.8) is 0 Å². The molecule has 1 rings (SSSR count). The van der Waals surface area contributed by atoms with Crippen molar-refractivity contribution in [3.05, 3.63) is 35.4 Å². The van der Waals surface area contributed by atoms with Crippen LogP contribution < -0.4 is 0 Å². The van der Waals surface area contributed by atoms with E-state index in [0.29, 0.717) is 6.54 Å². The second-order valence-corrected chi connectivity index (χ2v) is 4.17. The predicted molar refractivity (Wildman–Crippen MR) is 64.2 cm³/mol. The maximum Gasteiger partial charge on any atom is 0.250 e. The summed E-state index contributed by atoms with van der Waals surface area (Å²) in [6.07, 6.45) is -0.0982. The maximum atomic E-state index is 11.4. The first-order valence-corrected chi connectivity index (χ1v) is 5.49. The number of amides is 1. The molecule has 0 aliphatic heterocycles. The molecule has 1 aromatic rings. The van der Waals surface area contributed by atoms with Gasteiger partial charge in [-0.05, 0) is 25.8 Å². The van der Waals surface area contributed by atoms with Gasteiger partial charge in [-0.25, -0.2) is 0 Å². The Bertz CT molecular complexity index is 361. The van der Waals surface area contributed by atoms with Crippen molar-refractivity contribution < 1.29 is 9.90 Å². The largest absolute Gasteiger partial charge is 0.384 e. The van der Waals surface area contributed by atoms with E-state index < -0.39 is 6.10 Å². The van der Waals surface area contributed by atoms with E-state index in [-0.39, 0.29) is 5.91 Å². The Kier molecular flexibility index (Phi) is 4.50. The fraction of sp³-hybridized carbons (Fsp3) is 0.462. The van der Waals surface area contributed by atoms with Crippen molar-refractivity contribution >= 4 is 5.91 Å². The lowest BCUT2D eigenvalue weighted by atomic mass is 10.1. The Morgan fingerprint density at radius 2 is 2.19 bits per heavy atom. The molecule has 1 atom stereocenters. The fourth-order valence-electron chi connectivity index (χ4n) is 1.59. The quantitative estimate of drug-likeness (QED) is 0.834. The molecule has 0 radical (unpaired) electrons. The highest BCUT2D eigenvalue weighted by Gasteiger charge is 2.13. The third kappa shape index (κ3) is 3.66. The molecule has 1 amide bonds. The molecule has 0 spiro atoms. The lowest BCUT2D eigenvalue weighted by Gasteiger charge is -2.18. The third-order valence-corrected chi connectivity index (χ3v) is 2.55. The van der Waals surface area contributed by atoms with Gasteiger partial charge < -0.3 is 10.0 Å². The molecule has 0 heterocycles. The Morgan fingerprint density at radius 1 is 1.50 bits per heavy atom. The number of nitrogens with zero attached hydrogens (tertiary/aromatic N) is 1. The van der Waals surface area contributed by atoms with Gasteiger partial charge in [0.2, 0.25) is 0 Å². The van der Waals surface area contributed by atoms with Gasteiger partial charge in [-0.2, -0.15) is 0 Å². The number of carbonyl (C=O) groups excluding carboxylic acids is 1. The molecule has 3 nitrogen and oxygen atoms in total. The van der Waals surface area contributed by atoms with Gasteiger partial charge in [0.15, 0.2) is 0 Å². The Morgan fingerprint density at radius 3 is 2.75 bits per heavy atom. The van der Waals surface area contributed by atoms with Crippen LogP contribution in [-0.4, -0.2) is 35.6 Å². The van der Waals surface area contributed by atoms with Crippen molar-refractivity contribution in [3.8, 4) is 0 Å². The van der Waals surface area contributed by atoms with E-state index in [2.05, 4.69) is 6.07 Å². The normalized spacial score (nSPS) is 12.2.